The fourth-order valence-electron chi connectivity index (χ4n) is 2.63. The van der Waals surface area contributed by atoms with E-state index in [2.05, 4.69) is 31.9 Å². The second kappa shape index (κ2) is 6.85. The zero-order valence-electron chi connectivity index (χ0n) is 12.3. The minimum absolute atomic E-state index is 0.445. The molecule has 1 aliphatic rings. The van der Waals surface area contributed by atoms with Gasteiger partial charge in [-0.15, -0.1) is 5.10 Å². The maximum absolute atomic E-state index is 8.80. The maximum Gasteiger partial charge on any atom is 0.244 e. The SMILES string of the molecule is N#Cc1ccc(Nc2cnnc(NC3CCCCC3)n2)cc1. The van der Waals surface area contributed by atoms with Gasteiger partial charge in [-0.2, -0.15) is 15.3 Å². The number of hydrogen-bond acceptors (Lipinski definition) is 6. The standard InChI is InChI=1S/C16H18N6/c17-10-12-6-8-14(9-7-12)19-15-11-18-22-16(21-15)20-13-4-2-1-3-5-13/h6-9,11,13H,1-5H2,(H2,19,20,21,22). The first-order valence-electron chi connectivity index (χ1n) is 7.57. The number of rotatable bonds is 4. The van der Waals surface area contributed by atoms with Crippen LogP contribution in [0.4, 0.5) is 17.5 Å². The van der Waals surface area contributed by atoms with Crippen molar-refractivity contribution in [2.45, 2.75) is 38.1 Å². The molecule has 1 aliphatic carbocycles. The zero-order valence-corrected chi connectivity index (χ0v) is 12.3. The van der Waals surface area contributed by atoms with E-state index in [0.29, 0.717) is 23.4 Å². The molecule has 0 amide bonds. The number of benzene rings is 1. The third-order valence-corrected chi connectivity index (χ3v) is 3.78. The van der Waals surface area contributed by atoms with Crippen molar-refractivity contribution in [3.05, 3.63) is 36.0 Å². The van der Waals surface area contributed by atoms with E-state index in [-0.39, 0.29) is 0 Å². The maximum atomic E-state index is 8.80. The molecule has 1 saturated carbocycles. The van der Waals surface area contributed by atoms with Crippen LogP contribution >= 0.6 is 0 Å². The van der Waals surface area contributed by atoms with Crippen LogP contribution in [0.25, 0.3) is 0 Å². The lowest BCUT2D eigenvalue weighted by Gasteiger charge is -2.22. The van der Waals surface area contributed by atoms with E-state index >= 15 is 0 Å². The lowest BCUT2D eigenvalue weighted by Crippen LogP contribution is -2.23. The van der Waals surface area contributed by atoms with Crippen molar-refractivity contribution in [3.63, 3.8) is 0 Å². The van der Waals surface area contributed by atoms with Gasteiger partial charge in [0.2, 0.25) is 5.95 Å². The van der Waals surface area contributed by atoms with Gasteiger partial charge >= 0.3 is 0 Å². The molecule has 6 nitrogen and oxygen atoms in total. The molecule has 1 heterocycles. The first-order chi connectivity index (χ1) is 10.8. The van der Waals surface area contributed by atoms with Crippen molar-refractivity contribution in [2.75, 3.05) is 10.6 Å². The van der Waals surface area contributed by atoms with E-state index in [1.807, 2.05) is 12.1 Å². The fourth-order valence-corrected chi connectivity index (χ4v) is 2.63. The van der Waals surface area contributed by atoms with E-state index in [4.69, 9.17) is 5.26 Å². The summed E-state index contributed by atoms with van der Waals surface area (Å²) in [5.74, 6) is 1.20. The summed E-state index contributed by atoms with van der Waals surface area (Å²) in [6.07, 6.45) is 7.75. The van der Waals surface area contributed by atoms with Gasteiger partial charge in [0.05, 0.1) is 17.8 Å². The molecule has 2 aromatic rings. The molecular weight excluding hydrogens is 276 g/mol. The predicted octanol–water partition coefficient (Wildman–Crippen LogP) is 3.23. The molecule has 0 aliphatic heterocycles. The summed E-state index contributed by atoms with van der Waals surface area (Å²) in [7, 11) is 0. The van der Waals surface area contributed by atoms with Crippen LogP contribution in [0.2, 0.25) is 0 Å². The molecule has 0 saturated heterocycles. The van der Waals surface area contributed by atoms with Gasteiger partial charge in [0.15, 0.2) is 5.82 Å². The fraction of sp³-hybridized carbons (Fsp3) is 0.375. The normalized spacial score (nSPS) is 15.0. The molecule has 0 bridgehead atoms. The summed E-state index contributed by atoms with van der Waals surface area (Å²) in [5.41, 5.74) is 1.49. The van der Waals surface area contributed by atoms with Gasteiger partial charge in [-0.3, -0.25) is 0 Å². The monoisotopic (exact) mass is 294 g/mol. The summed E-state index contributed by atoms with van der Waals surface area (Å²) in [6, 6.07) is 9.75. The van der Waals surface area contributed by atoms with Gasteiger partial charge in [0.25, 0.3) is 0 Å². The first-order valence-corrected chi connectivity index (χ1v) is 7.57. The molecule has 22 heavy (non-hydrogen) atoms. The number of nitrogens with one attached hydrogen (secondary N) is 2. The molecule has 0 spiro atoms. The molecule has 2 N–H and O–H groups in total. The van der Waals surface area contributed by atoms with Crippen molar-refractivity contribution >= 4 is 17.5 Å². The molecule has 112 valence electrons. The van der Waals surface area contributed by atoms with E-state index in [1.54, 1.807) is 18.3 Å². The molecule has 0 radical (unpaired) electrons. The second-order valence-corrected chi connectivity index (χ2v) is 5.46. The van der Waals surface area contributed by atoms with Crippen LogP contribution in [-0.2, 0) is 0 Å². The van der Waals surface area contributed by atoms with E-state index in [1.165, 1.54) is 19.3 Å². The van der Waals surface area contributed by atoms with Crippen LogP contribution in [0.1, 0.15) is 37.7 Å². The van der Waals surface area contributed by atoms with E-state index < -0.39 is 0 Å². The molecular formula is C16H18N6. The molecule has 1 fully saturated rings. The highest BCUT2D eigenvalue weighted by molar-refractivity contribution is 5.57. The molecule has 6 heteroatoms. The Kier molecular flexibility index (Phi) is 4.44. The molecule has 1 aromatic heterocycles. The van der Waals surface area contributed by atoms with E-state index in [9.17, 15) is 0 Å². The predicted molar refractivity (Wildman–Crippen MR) is 84.8 cm³/mol. The Balaban J connectivity index is 1.66. The molecule has 0 unspecified atom stereocenters. The second-order valence-electron chi connectivity index (χ2n) is 5.46. The van der Waals surface area contributed by atoms with Crippen molar-refractivity contribution in [1.82, 2.24) is 15.2 Å². The minimum Gasteiger partial charge on any atom is -0.350 e. The lowest BCUT2D eigenvalue weighted by molar-refractivity contribution is 0.460. The highest BCUT2D eigenvalue weighted by atomic mass is 15.3. The highest BCUT2D eigenvalue weighted by Gasteiger charge is 2.14. The molecule has 3 rings (SSSR count). The summed E-state index contributed by atoms with van der Waals surface area (Å²) in [4.78, 5) is 4.44. The average Bonchev–Trinajstić information content (AvgIpc) is 2.57. The Morgan fingerprint density at radius 3 is 2.59 bits per heavy atom. The molecule has 0 atom stereocenters. The summed E-state index contributed by atoms with van der Waals surface area (Å²) in [6.45, 7) is 0. The number of nitrogens with zero attached hydrogens (tertiary/aromatic N) is 4. The van der Waals surface area contributed by atoms with E-state index in [0.717, 1.165) is 18.5 Å². The number of nitriles is 1. The van der Waals surface area contributed by atoms with Gasteiger partial charge in [0, 0.05) is 11.7 Å². The van der Waals surface area contributed by atoms with Crippen LogP contribution in [0.3, 0.4) is 0 Å². The van der Waals surface area contributed by atoms with Gasteiger partial charge in [0.1, 0.15) is 0 Å². The number of aromatic nitrogens is 3. The third-order valence-electron chi connectivity index (χ3n) is 3.78. The topological polar surface area (TPSA) is 86.5 Å². The van der Waals surface area contributed by atoms with Gasteiger partial charge in [-0.05, 0) is 37.1 Å². The highest BCUT2D eigenvalue weighted by Crippen LogP contribution is 2.21. The van der Waals surface area contributed by atoms with Crippen LogP contribution in [0.15, 0.2) is 30.5 Å². The first kappa shape index (κ1) is 14.3. The lowest BCUT2D eigenvalue weighted by atomic mass is 9.96. The van der Waals surface area contributed by atoms with Gasteiger partial charge in [-0.25, -0.2) is 0 Å². The third kappa shape index (κ3) is 3.70. The van der Waals surface area contributed by atoms with Crippen LogP contribution in [-0.4, -0.2) is 21.2 Å². The van der Waals surface area contributed by atoms with Crippen molar-refractivity contribution in [2.24, 2.45) is 0 Å². The van der Waals surface area contributed by atoms with Gasteiger partial charge in [-0.1, -0.05) is 19.3 Å². The summed E-state index contributed by atoms with van der Waals surface area (Å²) >= 11 is 0. The Bertz CT molecular complexity index is 655. The molecule has 1 aromatic carbocycles. The van der Waals surface area contributed by atoms with Crippen molar-refractivity contribution in [1.29, 1.82) is 5.26 Å². The Morgan fingerprint density at radius 1 is 1.09 bits per heavy atom. The quantitative estimate of drug-likeness (QED) is 0.900. The summed E-state index contributed by atoms with van der Waals surface area (Å²) in [5, 5.41) is 23.4. The number of hydrogen-bond donors (Lipinski definition) is 2. The van der Waals surface area contributed by atoms with Crippen LogP contribution < -0.4 is 10.6 Å². The van der Waals surface area contributed by atoms with Crippen molar-refractivity contribution < 1.29 is 0 Å². The Morgan fingerprint density at radius 2 is 1.86 bits per heavy atom. The summed E-state index contributed by atoms with van der Waals surface area (Å²) < 4.78 is 0. The van der Waals surface area contributed by atoms with Crippen LogP contribution in [0, 0.1) is 11.3 Å². The minimum atomic E-state index is 0.445. The Hall–Kier alpha value is -2.68. The largest absolute Gasteiger partial charge is 0.350 e. The smallest absolute Gasteiger partial charge is 0.244 e. The Labute approximate surface area is 129 Å². The number of anilines is 3. The zero-order chi connectivity index (χ0) is 15.2. The average molecular weight is 294 g/mol. The van der Waals surface area contributed by atoms with Crippen molar-refractivity contribution in [3.8, 4) is 6.07 Å². The van der Waals surface area contributed by atoms with Gasteiger partial charge < -0.3 is 10.6 Å². The van der Waals surface area contributed by atoms with Crippen LogP contribution in [0.5, 0.6) is 0 Å².